The van der Waals surface area contributed by atoms with Crippen molar-refractivity contribution in [1.82, 2.24) is 19.9 Å². The quantitative estimate of drug-likeness (QED) is 0.0293. The monoisotopic (exact) mass is 1300 g/mol. The largest absolute Gasteiger partial charge is 2.00 e. The van der Waals surface area contributed by atoms with Crippen molar-refractivity contribution in [2.45, 2.75) is 124 Å². The zero-order chi connectivity index (χ0) is 64.6. The number of rotatable bonds is 22. The van der Waals surface area contributed by atoms with Gasteiger partial charge in [-0.05, 0) is 70.8 Å². The maximum Gasteiger partial charge on any atom is 2.00 e. The number of aliphatic carboxylic acids is 1. The molecule has 483 valence electrons. The predicted octanol–water partition coefficient (Wildman–Crippen LogP) is 7.21. The van der Waals surface area contributed by atoms with Gasteiger partial charge in [-0.1, -0.05) is 67.6 Å². The molecule has 2 saturated heterocycles. The maximum absolute atomic E-state index is 12.2. The fourth-order valence-electron chi connectivity index (χ4n) is 10.2. The molecule has 10 unspecified atom stereocenters. The third kappa shape index (κ3) is 19.6. The molecule has 3 aromatic heterocycles. The van der Waals surface area contributed by atoms with Gasteiger partial charge in [0, 0.05) is 67.2 Å². The Balaban J connectivity index is 0.00000228. The van der Waals surface area contributed by atoms with Crippen molar-refractivity contribution >= 4 is 88.2 Å². The van der Waals surface area contributed by atoms with E-state index < -0.39 is 103 Å². The molecule has 2 N–H and O–H groups in total. The Bertz CT molecular complexity index is 3620. The molecule has 1 radical (unpaired) electrons. The van der Waals surface area contributed by atoms with E-state index in [-0.39, 0.29) is 56.7 Å². The van der Waals surface area contributed by atoms with E-state index in [0.29, 0.717) is 69.2 Å². The van der Waals surface area contributed by atoms with Crippen LogP contribution in [0.3, 0.4) is 0 Å². The first kappa shape index (κ1) is 69.7. The van der Waals surface area contributed by atoms with Gasteiger partial charge in [-0.25, -0.2) is 9.97 Å². The van der Waals surface area contributed by atoms with E-state index in [9.17, 15) is 33.9 Å². The van der Waals surface area contributed by atoms with Crippen molar-refractivity contribution in [2.24, 2.45) is 5.92 Å². The summed E-state index contributed by atoms with van der Waals surface area (Å²) < 4.78 is 68.2. The van der Waals surface area contributed by atoms with Crippen LogP contribution in [0.15, 0.2) is 84.9 Å². The summed E-state index contributed by atoms with van der Waals surface area (Å²) in [6.45, 7) is 10.2. The van der Waals surface area contributed by atoms with Crippen molar-refractivity contribution in [2.75, 3.05) is 39.6 Å². The van der Waals surface area contributed by atoms with Crippen molar-refractivity contribution in [3.63, 3.8) is 0 Å². The zero-order valence-corrected chi connectivity index (χ0v) is 52.3. The fourth-order valence-corrected chi connectivity index (χ4v) is 10.2. The Morgan fingerprint density at radius 2 is 0.901 bits per heavy atom. The smallest absolute Gasteiger partial charge is 0.657 e. The number of hydrogen-bond acceptors (Lipinski definition) is 22. The molecule has 10 atom stereocenters. The van der Waals surface area contributed by atoms with E-state index in [0.717, 1.165) is 49.9 Å². The molecular weight excluding hydrogens is 1230 g/mol. The average molecular weight is 1300 g/mol. The number of fused-ring (bicyclic) bond motifs is 8. The molecule has 2 fully saturated rings. The molecule has 4 aliphatic rings. The maximum atomic E-state index is 12.2. The molecule has 0 saturated carbocycles. The van der Waals surface area contributed by atoms with Crippen LogP contribution in [0.2, 0.25) is 0 Å². The van der Waals surface area contributed by atoms with Gasteiger partial charge in [-0.3, -0.25) is 33.6 Å². The third-order valence-corrected chi connectivity index (χ3v) is 14.0. The number of benzene rings is 2. The standard InChI is InChI=1S/C63H66N4O19.C2H4O2.Mn/c1-34-53(32-79-35(2)68)85-62(57(74)58(34)81-37(4)70)77-28-8-26-75-47-18-10-41(11-19-47)55-49-22-14-43(64-49)30-45-16-24-51(66-45)56(52-25-17-46(67-52)31-44-15-23-50(55)65-44)42-12-20-48(21-13-42)76-27-9-29-78-63-61(84-40(7)73)60(83-39(6)72)59(82-38(5)71)54(86-63)33-80-36(3)69;1-2(3)4;/h10-25,30-31,34,53-54,57-63,74H,8-9,26-29,32-33H2,1-7H3;1H3,(H,3,4);/q-2;;+2. The number of carboxylic acids is 1. The summed E-state index contributed by atoms with van der Waals surface area (Å²) in [6.07, 6.45) is -1.88. The number of aliphatic hydroxyl groups is 1. The summed E-state index contributed by atoms with van der Waals surface area (Å²) in [7, 11) is 0. The second-order valence-electron chi connectivity index (χ2n) is 21.1. The predicted molar refractivity (Wildman–Crippen MR) is 321 cm³/mol. The number of esters is 6. The van der Waals surface area contributed by atoms with E-state index in [1.165, 1.54) is 20.8 Å². The van der Waals surface area contributed by atoms with Crippen LogP contribution in [0, 0.1) is 5.92 Å². The number of carbonyl (C=O) groups is 7. The summed E-state index contributed by atoms with van der Waals surface area (Å²) in [5.41, 5.74) is 8.83. The molecule has 25 nitrogen and oxygen atoms in total. The van der Waals surface area contributed by atoms with Crippen LogP contribution in [-0.4, -0.2) is 157 Å². The summed E-state index contributed by atoms with van der Waals surface area (Å²) in [4.78, 5) is 101. The van der Waals surface area contributed by atoms with Crippen LogP contribution in [0.4, 0.5) is 0 Å². The van der Waals surface area contributed by atoms with Crippen molar-refractivity contribution in [3.05, 3.63) is 108 Å². The number of aromatic nitrogens is 4. The number of hydrogen-bond donors (Lipinski definition) is 2. The second-order valence-corrected chi connectivity index (χ2v) is 21.1. The molecule has 5 aromatic rings. The van der Waals surface area contributed by atoms with Crippen LogP contribution >= 0.6 is 0 Å². The van der Waals surface area contributed by atoms with Crippen LogP contribution in [0.5, 0.6) is 11.5 Å². The van der Waals surface area contributed by atoms with Crippen LogP contribution in [-0.2, 0) is 98.0 Å². The van der Waals surface area contributed by atoms with Crippen molar-refractivity contribution < 1.29 is 118 Å². The summed E-state index contributed by atoms with van der Waals surface area (Å²) in [5.74, 6) is -4.02. The van der Waals surface area contributed by atoms with E-state index in [1.807, 2.05) is 109 Å². The van der Waals surface area contributed by atoms with E-state index >= 15 is 0 Å². The number of nitrogens with zero attached hydrogens (tertiary/aromatic N) is 4. The van der Waals surface area contributed by atoms with Crippen molar-refractivity contribution in [3.8, 4) is 33.8 Å². The number of aliphatic hydroxyl groups excluding tert-OH is 1. The van der Waals surface area contributed by atoms with Gasteiger partial charge in [0.2, 0.25) is 0 Å². The molecule has 9 rings (SSSR count). The summed E-state index contributed by atoms with van der Waals surface area (Å²) >= 11 is 0. The Hall–Kier alpha value is -8.75. The first-order chi connectivity index (χ1) is 43.1. The first-order valence-corrected chi connectivity index (χ1v) is 28.9. The SMILES string of the molecule is CC(=O)O.CC(=O)OCC1OC(OCCCOc2ccc(-c3c4nc(cc5ccc([n-]5)c(-c5ccc(OCCCOC6OC(COC(C)=O)C(OC(C)=O)C(OC(C)=O)C6OC(C)=O)cc5)c5nc(cc6ccc3[n-]6)C=C5)C=C4)cc2)C(O)C(OC(C)=O)C1C.[Mn+2]. The first-order valence-electron chi connectivity index (χ1n) is 28.9. The molecule has 0 aliphatic carbocycles. The van der Waals surface area contributed by atoms with Gasteiger partial charge in [0.1, 0.15) is 49.1 Å². The van der Waals surface area contributed by atoms with E-state index in [4.69, 9.17) is 86.7 Å². The molecule has 0 spiro atoms. The van der Waals surface area contributed by atoms with Gasteiger partial charge in [0.05, 0.1) is 49.2 Å². The Kier molecular flexibility index (Phi) is 25.2. The molecule has 8 bridgehead atoms. The van der Waals surface area contributed by atoms with Gasteiger partial charge in [-0.2, -0.15) is 0 Å². The van der Waals surface area contributed by atoms with Gasteiger partial charge in [-0.15, -0.1) is 22.1 Å². The van der Waals surface area contributed by atoms with Gasteiger partial charge in [0.25, 0.3) is 5.97 Å². The number of ether oxygens (including phenoxy) is 12. The molecule has 91 heavy (non-hydrogen) atoms. The summed E-state index contributed by atoms with van der Waals surface area (Å²) in [5, 5.41) is 18.4. The van der Waals surface area contributed by atoms with Crippen LogP contribution in [0.1, 0.15) is 91.0 Å². The van der Waals surface area contributed by atoms with Gasteiger partial charge >= 0.3 is 52.9 Å². The van der Waals surface area contributed by atoms with Gasteiger partial charge in [0.15, 0.2) is 30.9 Å². The third-order valence-electron chi connectivity index (χ3n) is 14.0. The fraction of sp³-hybridized carbons (Fsp3) is 0.400. The molecule has 7 heterocycles. The summed E-state index contributed by atoms with van der Waals surface area (Å²) in [6, 6.07) is 26.7. The minimum Gasteiger partial charge on any atom is -0.657 e. The second kappa shape index (κ2) is 32.8. The topological polar surface area (TPSA) is 325 Å². The normalized spacial score (nSPS) is 21.3. The zero-order valence-electron chi connectivity index (χ0n) is 51.1. The molecule has 4 aliphatic heterocycles. The van der Waals surface area contributed by atoms with Crippen LogP contribution < -0.4 is 19.4 Å². The minimum absolute atomic E-state index is 0. The molecule has 2 aromatic carbocycles. The minimum atomic E-state index is -1.35. The molecular formula is C65H70MnN4O21. The van der Waals surface area contributed by atoms with E-state index in [2.05, 4.69) is 0 Å². The van der Waals surface area contributed by atoms with Gasteiger partial charge < -0.3 is 77.0 Å². The number of carboxylic acid groups (broad SMARTS) is 1. The number of carbonyl (C=O) groups excluding carboxylic acids is 6. The Morgan fingerprint density at radius 3 is 1.35 bits per heavy atom. The molecule has 0 amide bonds. The Morgan fingerprint density at radius 1 is 0.495 bits per heavy atom. The Labute approximate surface area is 534 Å². The molecule has 26 heteroatoms. The average Bonchev–Trinajstić information content (AvgIpc) is 1.98. The van der Waals surface area contributed by atoms with Crippen LogP contribution in [0.25, 0.3) is 68.6 Å². The van der Waals surface area contributed by atoms with Crippen molar-refractivity contribution in [1.29, 1.82) is 0 Å². The van der Waals surface area contributed by atoms with E-state index in [1.54, 1.807) is 6.92 Å².